The van der Waals surface area contributed by atoms with Crippen LogP contribution in [0, 0.1) is 11.7 Å². The van der Waals surface area contributed by atoms with E-state index in [1.54, 1.807) is 6.07 Å². The van der Waals surface area contributed by atoms with Crippen LogP contribution in [-0.4, -0.2) is 10.5 Å². The van der Waals surface area contributed by atoms with Crippen molar-refractivity contribution in [3.05, 3.63) is 34.1 Å². The number of rotatable bonds is 5. The minimum Gasteiger partial charge on any atom is -0.309 e. The van der Waals surface area contributed by atoms with Crippen LogP contribution in [0.4, 0.5) is 4.39 Å². The molecule has 4 heteroatoms. The highest BCUT2D eigenvalue weighted by atomic mass is 127. The molecule has 1 aromatic rings. The second kappa shape index (κ2) is 6.91. The first-order valence-corrected chi connectivity index (χ1v) is 7.60. The van der Waals surface area contributed by atoms with E-state index in [1.165, 1.54) is 6.07 Å². The van der Waals surface area contributed by atoms with Gasteiger partial charge in [-0.2, -0.15) is 0 Å². The second-order valence-corrected chi connectivity index (χ2v) is 5.77. The van der Waals surface area contributed by atoms with E-state index in [0.717, 1.165) is 9.99 Å². The lowest BCUT2D eigenvalue weighted by molar-refractivity contribution is 0.435. The molecule has 0 saturated carbocycles. The predicted molar refractivity (Wildman–Crippen MR) is 78.5 cm³/mol. The molecule has 0 aliphatic heterocycles. The van der Waals surface area contributed by atoms with Crippen molar-refractivity contribution in [2.75, 3.05) is 4.43 Å². The SMILES string of the molecule is CC(C)C(CI)NCc1cccc(F)c1Br. The van der Waals surface area contributed by atoms with Crippen molar-refractivity contribution in [2.24, 2.45) is 5.92 Å². The van der Waals surface area contributed by atoms with Crippen LogP contribution in [0.3, 0.4) is 0 Å². The largest absolute Gasteiger partial charge is 0.309 e. The van der Waals surface area contributed by atoms with Gasteiger partial charge in [-0.3, -0.25) is 0 Å². The van der Waals surface area contributed by atoms with Crippen molar-refractivity contribution < 1.29 is 4.39 Å². The van der Waals surface area contributed by atoms with Gasteiger partial charge in [0.15, 0.2) is 0 Å². The third-order valence-corrected chi connectivity index (χ3v) is 4.39. The van der Waals surface area contributed by atoms with Crippen LogP contribution in [0.2, 0.25) is 0 Å². The quantitative estimate of drug-likeness (QED) is 0.579. The third-order valence-electron chi connectivity index (χ3n) is 2.56. The zero-order valence-corrected chi connectivity index (χ0v) is 13.2. The van der Waals surface area contributed by atoms with E-state index >= 15 is 0 Å². The summed E-state index contributed by atoms with van der Waals surface area (Å²) in [5.74, 6) is 0.388. The summed E-state index contributed by atoms with van der Waals surface area (Å²) in [7, 11) is 0. The summed E-state index contributed by atoms with van der Waals surface area (Å²) in [6.07, 6.45) is 0. The Hall–Kier alpha value is 0.320. The highest BCUT2D eigenvalue weighted by molar-refractivity contribution is 14.1. The van der Waals surface area contributed by atoms with Crippen molar-refractivity contribution >= 4 is 38.5 Å². The Morgan fingerprint density at radius 2 is 2.12 bits per heavy atom. The summed E-state index contributed by atoms with van der Waals surface area (Å²) >= 11 is 5.65. The van der Waals surface area contributed by atoms with Gasteiger partial charge in [0.05, 0.1) is 4.47 Å². The summed E-state index contributed by atoms with van der Waals surface area (Å²) in [6, 6.07) is 5.61. The molecule has 1 atom stereocenters. The van der Waals surface area contributed by atoms with E-state index in [0.29, 0.717) is 23.0 Å². The minimum atomic E-state index is -0.199. The summed E-state index contributed by atoms with van der Waals surface area (Å²) in [5.41, 5.74) is 0.968. The Kier molecular flexibility index (Phi) is 6.21. The molecular formula is C12H16BrFIN. The van der Waals surface area contributed by atoms with Gasteiger partial charge in [0, 0.05) is 17.0 Å². The summed E-state index contributed by atoms with van der Waals surface area (Å²) in [4.78, 5) is 0. The normalized spacial score (nSPS) is 13.1. The van der Waals surface area contributed by atoms with E-state index in [9.17, 15) is 4.39 Å². The van der Waals surface area contributed by atoms with Crippen LogP contribution in [0.1, 0.15) is 19.4 Å². The number of hydrogen-bond acceptors (Lipinski definition) is 1. The predicted octanol–water partition coefficient (Wildman–Crippen LogP) is 4.14. The van der Waals surface area contributed by atoms with Gasteiger partial charge < -0.3 is 5.32 Å². The smallest absolute Gasteiger partial charge is 0.137 e. The van der Waals surface area contributed by atoms with Crippen molar-refractivity contribution in [1.82, 2.24) is 5.32 Å². The fraction of sp³-hybridized carbons (Fsp3) is 0.500. The molecule has 1 rings (SSSR count). The second-order valence-electron chi connectivity index (χ2n) is 4.10. The van der Waals surface area contributed by atoms with E-state index in [1.807, 2.05) is 6.07 Å². The summed E-state index contributed by atoms with van der Waals surface area (Å²) in [5, 5.41) is 3.45. The Morgan fingerprint density at radius 3 is 2.69 bits per heavy atom. The average Bonchev–Trinajstić information content (AvgIpc) is 2.24. The van der Waals surface area contributed by atoms with E-state index in [2.05, 4.69) is 57.7 Å². The molecule has 1 N–H and O–H groups in total. The topological polar surface area (TPSA) is 12.0 Å². The molecular weight excluding hydrogens is 384 g/mol. The minimum absolute atomic E-state index is 0.199. The highest BCUT2D eigenvalue weighted by Crippen LogP contribution is 2.20. The monoisotopic (exact) mass is 399 g/mol. The van der Waals surface area contributed by atoms with Gasteiger partial charge in [0.1, 0.15) is 5.82 Å². The van der Waals surface area contributed by atoms with Gasteiger partial charge in [-0.05, 0) is 33.5 Å². The first-order valence-electron chi connectivity index (χ1n) is 5.28. The Bertz CT molecular complexity index is 344. The van der Waals surface area contributed by atoms with Gasteiger partial charge in [-0.1, -0.05) is 48.6 Å². The van der Waals surface area contributed by atoms with Crippen LogP contribution in [0.15, 0.2) is 22.7 Å². The molecule has 1 unspecified atom stereocenters. The zero-order valence-electron chi connectivity index (χ0n) is 9.43. The van der Waals surface area contributed by atoms with Gasteiger partial charge in [0.2, 0.25) is 0 Å². The number of halogens is 3. The molecule has 0 amide bonds. The maximum Gasteiger partial charge on any atom is 0.137 e. The molecule has 0 aliphatic rings. The number of alkyl halides is 1. The molecule has 0 aromatic heterocycles. The van der Waals surface area contributed by atoms with Crippen LogP contribution in [0.5, 0.6) is 0 Å². The number of benzene rings is 1. The first kappa shape index (κ1) is 14.4. The molecule has 90 valence electrons. The van der Waals surface area contributed by atoms with Crippen LogP contribution >= 0.6 is 38.5 Å². The van der Waals surface area contributed by atoms with Gasteiger partial charge in [-0.15, -0.1) is 0 Å². The highest BCUT2D eigenvalue weighted by Gasteiger charge is 2.12. The molecule has 0 saturated heterocycles. The maximum absolute atomic E-state index is 13.3. The molecule has 0 aliphatic carbocycles. The van der Waals surface area contributed by atoms with E-state index in [4.69, 9.17) is 0 Å². The van der Waals surface area contributed by atoms with Gasteiger partial charge in [-0.25, -0.2) is 4.39 Å². The standard InChI is InChI=1S/C12H16BrFIN/c1-8(2)11(6-15)16-7-9-4-3-5-10(14)12(9)13/h3-5,8,11,16H,6-7H2,1-2H3. The van der Waals surface area contributed by atoms with Crippen LogP contribution in [0.25, 0.3) is 0 Å². The van der Waals surface area contributed by atoms with Crippen molar-refractivity contribution in [1.29, 1.82) is 0 Å². The average molecular weight is 400 g/mol. The lowest BCUT2D eigenvalue weighted by atomic mass is 10.1. The molecule has 0 spiro atoms. The maximum atomic E-state index is 13.3. The van der Waals surface area contributed by atoms with Crippen molar-refractivity contribution in [2.45, 2.75) is 26.4 Å². The van der Waals surface area contributed by atoms with E-state index < -0.39 is 0 Å². The Labute approximate surface area is 118 Å². The fourth-order valence-corrected chi connectivity index (χ4v) is 3.13. The fourth-order valence-electron chi connectivity index (χ4n) is 1.39. The van der Waals surface area contributed by atoms with E-state index in [-0.39, 0.29) is 5.82 Å². The molecule has 16 heavy (non-hydrogen) atoms. The van der Waals surface area contributed by atoms with Crippen LogP contribution in [-0.2, 0) is 6.54 Å². The first-order chi connectivity index (χ1) is 7.56. The number of nitrogens with one attached hydrogen (secondary N) is 1. The summed E-state index contributed by atoms with van der Waals surface area (Å²) < 4.78 is 14.9. The van der Waals surface area contributed by atoms with Gasteiger partial charge >= 0.3 is 0 Å². The Balaban J connectivity index is 2.64. The Morgan fingerprint density at radius 1 is 1.44 bits per heavy atom. The zero-order chi connectivity index (χ0) is 12.1. The molecule has 0 fully saturated rings. The van der Waals surface area contributed by atoms with Crippen LogP contribution < -0.4 is 5.32 Å². The molecule has 0 heterocycles. The lowest BCUT2D eigenvalue weighted by Crippen LogP contribution is -2.34. The molecule has 1 aromatic carbocycles. The molecule has 0 radical (unpaired) electrons. The molecule has 0 bridgehead atoms. The van der Waals surface area contributed by atoms with Gasteiger partial charge in [0.25, 0.3) is 0 Å². The molecule has 1 nitrogen and oxygen atoms in total. The third kappa shape index (κ3) is 3.96. The number of hydrogen-bond donors (Lipinski definition) is 1. The van der Waals surface area contributed by atoms with Crippen molar-refractivity contribution in [3.8, 4) is 0 Å². The lowest BCUT2D eigenvalue weighted by Gasteiger charge is -2.20. The summed E-state index contributed by atoms with van der Waals surface area (Å²) in [6.45, 7) is 5.08. The van der Waals surface area contributed by atoms with Crippen molar-refractivity contribution in [3.63, 3.8) is 0 Å².